The van der Waals surface area contributed by atoms with Crippen LogP contribution in [0.3, 0.4) is 0 Å². The van der Waals surface area contributed by atoms with Gasteiger partial charge >= 0.3 is 5.69 Å². The number of benzene rings is 2. The maximum atomic E-state index is 12.0. The monoisotopic (exact) mass is 303 g/mol. The zero-order valence-corrected chi connectivity index (χ0v) is 12.4. The summed E-state index contributed by atoms with van der Waals surface area (Å²) in [7, 11) is 0. The number of aldehydes is 1. The number of hydrogen-bond donors (Lipinski definition) is 1. The summed E-state index contributed by atoms with van der Waals surface area (Å²) in [5, 5.41) is 7.39. The van der Waals surface area contributed by atoms with Gasteiger partial charge in [0.15, 0.2) is 5.65 Å². The van der Waals surface area contributed by atoms with Crippen LogP contribution in [0.1, 0.15) is 15.9 Å². The second kappa shape index (κ2) is 4.91. The molecule has 0 aliphatic carbocycles. The predicted molar refractivity (Wildman–Crippen MR) is 88.9 cm³/mol. The molecule has 0 bridgehead atoms. The maximum Gasteiger partial charge on any atom is 0.348 e. The fraction of sp³-hybridized carbons (Fsp3) is 0.0556. The van der Waals surface area contributed by atoms with Crippen LogP contribution < -0.4 is 5.69 Å². The number of aromatic nitrogens is 3. The molecule has 2 aromatic carbocycles. The molecule has 4 aromatic rings. The Morgan fingerprint density at radius 1 is 1.13 bits per heavy atom. The number of carbonyl (C=O) groups excluding carboxylic acids is 1. The topological polar surface area (TPSA) is 67.2 Å². The van der Waals surface area contributed by atoms with Gasteiger partial charge in [0.05, 0.1) is 5.52 Å². The smallest absolute Gasteiger partial charge is 0.298 e. The van der Waals surface area contributed by atoms with Crippen LogP contribution in [0.4, 0.5) is 0 Å². The Balaban J connectivity index is 2.08. The van der Waals surface area contributed by atoms with E-state index in [1.165, 1.54) is 0 Å². The molecular weight excluding hydrogens is 290 g/mol. The van der Waals surface area contributed by atoms with E-state index >= 15 is 0 Å². The molecule has 0 fully saturated rings. The highest BCUT2D eigenvalue weighted by atomic mass is 16.1. The molecule has 23 heavy (non-hydrogen) atoms. The first-order valence-electron chi connectivity index (χ1n) is 7.24. The standard InChI is InChI=1S/C18H13N3O2/c1-11-5-6-12(9-13(11)10-22)14-3-2-4-16-15(14)7-8-17-19-20-18(23)21(16)17/h2-10H,1H3,(H,20,23). The number of aromatic amines is 1. The van der Waals surface area contributed by atoms with Crippen molar-refractivity contribution in [3.8, 4) is 11.1 Å². The first-order valence-corrected chi connectivity index (χ1v) is 7.24. The highest BCUT2D eigenvalue weighted by Crippen LogP contribution is 2.29. The molecule has 0 spiro atoms. The lowest BCUT2D eigenvalue weighted by Crippen LogP contribution is -2.09. The molecule has 112 valence electrons. The van der Waals surface area contributed by atoms with Crippen molar-refractivity contribution in [1.82, 2.24) is 14.6 Å². The van der Waals surface area contributed by atoms with Gasteiger partial charge in [-0.05, 0) is 47.9 Å². The lowest BCUT2D eigenvalue weighted by molar-refractivity contribution is 0.112. The van der Waals surface area contributed by atoms with Gasteiger partial charge in [-0.25, -0.2) is 14.3 Å². The lowest BCUT2D eigenvalue weighted by Gasteiger charge is -2.09. The van der Waals surface area contributed by atoms with E-state index < -0.39 is 0 Å². The van der Waals surface area contributed by atoms with E-state index in [9.17, 15) is 9.59 Å². The summed E-state index contributed by atoms with van der Waals surface area (Å²) < 4.78 is 1.55. The summed E-state index contributed by atoms with van der Waals surface area (Å²) >= 11 is 0. The lowest BCUT2D eigenvalue weighted by atomic mass is 9.97. The minimum absolute atomic E-state index is 0.264. The van der Waals surface area contributed by atoms with Gasteiger partial charge in [-0.1, -0.05) is 24.3 Å². The molecule has 4 rings (SSSR count). The second-order valence-corrected chi connectivity index (χ2v) is 5.48. The normalized spacial score (nSPS) is 11.2. The van der Waals surface area contributed by atoms with Gasteiger partial charge in [-0.15, -0.1) is 0 Å². The van der Waals surface area contributed by atoms with Crippen molar-refractivity contribution < 1.29 is 4.79 Å². The average molecular weight is 303 g/mol. The van der Waals surface area contributed by atoms with Crippen molar-refractivity contribution in [3.05, 3.63) is 70.1 Å². The van der Waals surface area contributed by atoms with E-state index in [1.807, 2.05) is 49.4 Å². The van der Waals surface area contributed by atoms with E-state index in [4.69, 9.17) is 0 Å². The summed E-state index contributed by atoms with van der Waals surface area (Å²) in [4.78, 5) is 23.2. The molecular formula is C18H13N3O2. The number of nitrogens with zero attached hydrogens (tertiary/aromatic N) is 2. The average Bonchev–Trinajstić information content (AvgIpc) is 2.96. The predicted octanol–water partition coefficient (Wildman–Crippen LogP) is 2.96. The van der Waals surface area contributed by atoms with Gasteiger partial charge in [0.25, 0.3) is 0 Å². The molecule has 0 amide bonds. The number of H-pyrrole nitrogens is 1. The van der Waals surface area contributed by atoms with Crippen LogP contribution >= 0.6 is 0 Å². The van der Waals surface area contributed by atoms with Gasteiger partial charge in [-0.3, -0.25) is 4.79 Å². The summed E-state index contributed by atoms with van der Waals surface area (Å²) in [5.74, 6) is 0. The third-order valence-electron chi connectivity index (χ3n) is 4.14. The van der Waals surface area contributed by atoms with Crippen LogP contribution in [0.15, 0.2) is 53.3 Å². The summed E-state index contributed by atoms with van der Waals surface area (Å²) in [6.07, 6.45) is 0.864. The molecule has 0 unspecified atom stereocenters. The zero-order valence-electron chi connectivity index (χ0n) is 12.4. The Labute approximate surface area is 131 Å². The van der Waals surface area contributed by atoms with Gasteiger partial charge in [0.1, 0.15) is 6.29 Å². The number of aryl methyl sites for hydroxylation is 1. The van der Waals surface area contributed by atoms with Crippen LogP contribution in [-0.4, -0.2) is 20.9 Å². The van der Waals surface area contributed by atoms with Crippen LogP contribution in [0, 0.1) is 6.92 Å². The molecule has 0 aliphatic heterocycles. The Kier molecular flexibility index (Phi) is 2.87. The molecule has 0 saturated carbocycles. The summed E-state index contributed by atoms with van der Waals surface area (Å²) in [5.41, 5.74) is 4.63. The van der Waals surface area contributed by atoms with Crippen LogP contribution in [0.5, 0.6) is 0 Å². The van der Waals surface area contributed by atoms with Gasteiger partial charge in [0.2, 0.25) is 0 Å². The molecule has 5 heteroatoms. The number of pyridine rings is 1. The van der Waals surface area contributed by atoms with Gasteiger partial charge < -0.3 is 0 Å². The third kappa shape index (κ3) is 1.97. The van der Waals surface area contributed by atoms with Crippen molar-refractivity contribution in [3.63, 3.8) is 0 Å². The Hall–Kier alpha value is -3.21. The Bertz CT molecular complexity index is 1120. The maximum absolute atomic E-state index is 12.0. The van der Waals surface area contributed by atoms with Gasteiger partial charge in [-0.2, -0.15) is 5.10 Å². The number of fused-ring (bicyclic) bond motifs is 3. The minimum Gasteiger partial charge on any atom is -0.298 e. The minimum atomic E-state index is -0.264. The van der Waals surface area contributed by atoms with E-state index in [0.29, 0.717) is 11.2 Å². The first-order chi connectivity index (χ1) is 11.2. The fourth-order valence-electron chi connectivity index (χ4n) is 2.92. The number of rotatable bonds is 2. The highest BCUT2D eigenvalue weighted by Gasteiger charge is 2.10. The van der Waals surface area contributed by atoms with Crippen molar-refractivity contribution in [1.29, 1.82) is 0 Å². The van der Waals surface area contributed by atoms with E-state index in [1.54, 1.807) is 10.5 Å². The van der Waals surface area contributed by atoms with E-state index in [-0.39, 0.29) is 5.69 Å². The SMILES string of the molecule is Cc1ccc(-c2cccc3c2ccc2n[nH]c(=O)n23)cc1C=O. The van der Waals surface area contributed by atoms with Crippen molar-refractivity contribution in [2.75, 3.05) is 0 Å². The molecule has 0 saturated heterocycles. The summed E-state index contributed by atoms with van der Waals surface area (Å²) in [6.45, 7) is 1.91. The number of carbonyl (C=O) groups is 1. The molecule has 0 aliphatic rings. The van der Waals surface area contributed by atoms with Crippen LogP contribution in [0.2, 0.25) is 0 Å². The number of hydrogen-bond acceptors (Lipinski definition) is 3. The molecule has 5 nitrogen and oxygen atoms in total. The fourth-order valence-corrected chi connectivity index (χ4v) is 2.92. The molecule has 2 aromatic heterocycles. The summed E-state index contributed by atoms with van der Waals surface area (Å²) in [6, 6.07) is 15.3. The zero-order chi connectivity index (χ0) is 16.0. The molecule has 2 heterocycles. The van der Waals surface area contributed by atoms with E-state index in [0.717, 1.165) is 33.9 Å². The van der Waals surface area contributed by atoms with Gasteiger partial charge in [0, 0.05) is 10.9 Å². The molecule has 1 N–H and O–H groups in total. The largest absolute Gasteiger partial charge is 0.348 e. The van der Waals surface area contributed by atoms with Crippen LogP contribution in [0.25, 0.3) is 27.7 Å². The Morgan fingerprint density at radius 2 is 2.00 bits per heavy atom. The van der Waals surface area contributed by atoms with Crippen molar-refractivity contribution in [2.45, 2.75) is 6.92 Å². The van der Waals surface area contributed by atoms with Crippen molar-refractivity contribution >= 4 is 22.8 Å². The molecule has 0 atom stereocenters. The second-order valence-electron chi connectivity index (χ2n) is 5.48. The van der Waals surface area contributed by atoms with Crippen molar-refractivity contribution in [2.24, 2.45) is 0 Å². The highest BCUT2D eigenvalue weighted by molar-refractivity contribution is 5.97. The van der Waals surface area contributed by atoms with E-state index in [2.05, 4.69) is 10.2 Å². The number of nitrogens with one attached hydrogen (secondary N) is 1. The van der Waals surface area contributed by atoms with Crippen LogP contribution in [-0.2, 0) is 0 Å². The quantitative estimate of drug-likeness (QED) is 0.579. The first kappa shape index (κ1) is 13.5. The molecule has 0 radical (unpaired) electrons. The third-order valence-corrected chi connectivity index (χ3v) is 4.14. The Morgan fingerprint density at radius 3 is 2.83 bits per heavy atom.